The van der Waals surface area contributed by atoms with E-state index in [4.69, 9.17) is 5.11 Å². The molecule has 2 N–H and O–H groups in total. The first-order valence-corrected chi connectivity index (χ1v) is 5.91. The van der Waals surface area contributed by atoms with E-state index < -0.39 is 12.0 Å². The molecule has 19 heavy (non-hydrogen) atoms. The molecule has 0 aliphatic carbocycles. The summed E-state index contributed by atoms with van der Waals surface area (Å²) >= 11 is 0. The first-order valence-electron chi connectivity index (χ1n) is 5.91. The lowest BCUT2D eigenvalue weighted by atomic mass is 10.1. The van der Waals surface area contributed by atoms with Crippen molar-refractivity contribution in [2.75, 3.05) is 11.9 Å². The fourth-order valence-electron chi connectivity index (χ4n) is 2.16. The number of hydrogen-bond donors (Lipinski definition) is 2. The van der Waals surface area contributed by atoms with Gasteiger partial charge in [-0.2, -0.15) is 0 Å². The van der Waals surface area contributed by atoms with E-state index >= 15 is 0 Å². The molecule has 1 aromatic rings. The van der Waals surface area contributed by atoms with Crippen molar-refractivity contribution < 1.29 is 19.5 Å². The highest BCUT2D eigenvalue weighted by atomic mass is 16.4. The normalized spacial score (nSPS) is 18.5. The predicted octanol–water partition coefficient (Wildman–Crippen LogP) is 0.626. The van der Waals surface area contributed by atoms with Crippen LogP contribution in [0.1, 0.15) is 23.2 Å². The average molecular weight is 262 g/mol. The van der Waals surface area contributed by atoms with E-state index in [1.165, 1.54) is 11.9 Å². The van der Waals surface area contributed by atoms with Gasteiger partial charge in [0.15, 0.2) is 0 Å². The highest BCUT2D eigenvalue weighted by Gasteiger charge is 2.36. The fourth-order valence-corrected chi connectivity index (χ4v) is 2.16. The molecule has 100 valence electrons. The van der Waals surface area contributed by atoms with Gasteiger partial charge < -0.3 is 10.4 Å². The Labute approximate surface area is 110 Å². The van der Waals surface area contributed by atoms with Crippen LogP contribution in [0.25, 0.3) is 0 Å². The summed E-state index contributed by atoms with van der Waals surface area (Å²) in [4.78, 5) is 35.5. The molecule has 0 bridgehead atoms. The summed E-state index contributed by atoms with van der Waals surface area (Å²) in [5, 5.41) is 11.6. The second-order valence-corrected chi connectivity index (χ2v) is 4.28. The van der Waals surface area contributed by atoms with Gasteiger partial charge in [-0.25, -0.2) is 4.79 Å². The summed E-state index contributed by atoms with van der Waals surface area (Å²) in [5.41, 5.74) is 0.965. The molecular formula is C13H14N2O4. The van der Waals surface area contributed by atoms with Crippen LogP contribution in [0.15, 0.2) is 24.3 Å². The monoisotopic (exact) mass is 262 g/mol. The second kappa shape index (κ2) is 5.09. The Bertz CT molecular complexity index is 524. The minimum atomic E-state index is -1.01. The van der Waals surface area contributed by atoms with Gasteiger partial charge in [0.05, 0.1) is 0 Å². The van der Waals surface area contributed by atoms with E-state index in [-0.39, 0.29) is 18.2 Å². The third kappa shape index (κ3) is 2.42. The molecule has 1 aromatic carbocycles. The van der Waals surface area contributed by atoms with E-state index in [9.17, 15) is 14.4 Å². The third-order valence-corrected chi connectivity index (χ3v) is 3.13. The lowest BCUT2D eigenvalue weighted by Gasteiger charge is -2.21. The van der Waals surface area contributed by atoms with Crippen LogP contribution < -0.4 is 10.2 Å². The zero-order valence-electron chi connectivity index (χ0n) is 10.4. The number of carboxylic acid groups (broad SMARTS) is 1. The maximum Gasteiger partial charge on any atom is 0.326 e. The van der Waals surface area contributed by atoms with Gasteiger partial charge in [0.25, 0.3) is 5.91 Å². The van der Waals surface area contributed by atoms with Crippen LogP contribution >= 0.6 is 0 Å². The lowest BCUT2D eigenvalue weighted by Crippen LogP contribution is -2.38. The lowest BCUT2D eigenvalue weighted by molar-refractivity contribution is -0.138. The van der Waals surface area contributed by atoms with Crippen LogP contribution in [0.3, 0.4) is 0 Å². The van der Waals surface area contributed by atoms with Crippen molar-refractivity contribution in [3.63, 3.8) is 0 Å². The number of carbonyl (C=O) groups is 3. The highest BCUT2D eigenvalue weighted by Crippen LogP contribution is 2.27. The summed E-state index contributed by atoms with van der Waals surface area (Å²) in [5.74, 6) is -1.45. The van der Waals surface area contributed by atoms with Gasteiger partial charge in [0.1, 0.15) is 6.04 Å². The first-order chi connectivity index (χ1) is 9.04. The number of nitrogens with one attached hydrogen (secondary N) is 1. The summed E-state index contributed by atoms with van der Waals surface area (Å²) in [6.07, 6.45) is 0.541. The molecule has 0 radical (unpaired) electrons. The molecule has 6 nitrogen and oxygen atoms in total. The molecule has 1 unspecified atom stereocenters. The van der Waals surface area contributed by atoms with Crippen LogP contribution in [0, 0.1) is 0 Å². The van der Waals surface area contributed by atoms with Gasteiger partial charge in [-0.05, 0) is 30.7 Å². The third-order valence-electron chi connectivity index (χ3n) is 3.13. The maximum atomic E-state index is 11.7. The summed E-state index contributed by atoms with van der Waals surface area (Å²) in [7, 11) is 1.53. The smallest absolute Gasteiger partial charge is 0.326 e. The quantitative estimate of drug-likeness (QED) is 0.836. The van der Waals surface area contributed by atoms with Crippen LogP contribution in [-0.2, 0) is 9.59 Å². The number of carboxylic acids is 1. The van der Waals surface area contributed by atoms with Crippen molar-refractivity contribution in [2.24, 2.45) is 0 Å². The molecule has 2 amide bonds. The van der Waals surface area contributed by atoms with Gasteiger partial charge in [0.2, 0.25) is 5.91 Å². The molecule has 0 spiro atoms. The number of nitrogens with zero attached hydrogens (tertiary/aromatic N) is 1. The number of aliphatic carboxylic acids is 1. The van der Waals surface area contributed by atoms with E-state index in [0.717, 1.165) is 0 Å². The van der Waals surface area contributed by atoms with Crippen molar-refractivity contribution in [3.05, 3.63) is 29.8 Å². The Hall–Kier alpha value is -2.37. The minimum Gasteiger partial charge on any atom is -0.480 e. The summed E-state index contributed by atoms with van der Waals surface area (Å²) < 4.78 is 0. The molecule has 1 aliphatic heterocycles. The van der Waals surface area contributed by atoms with E-state index in [1.807, 2.05) is 0 Å². The maximum absolute atomic E-state index is 11.7. The molecule has 1 atom stereocenters. The Morgan fingerprint density at radius 1 is 1.32 bits per heavy atom. The van der Waals surface area contributed by atoms with Gasteiger partial charge in [0, 0.05) is 24.7 Å². The number of benzene rings is 1. The number of carbonyl (C=O) groups excluding carboxylic acids is 2. The van der Waals surface area contributed by atoms with Crippen molar-refractivity contribution in [1.82, 2.24) is 5.32 Å². The Morgan fingerprint density at radius 2 is 1.95 bits per heavy atom. The molecule has 1 heterocycles. The molecule has 1 saturated heterocycles. The molecule has 0 saturated carbocycles. The zero-order chi connectivity index (χ0) is 14.0. The zero-order valence-corrected chi connectivity index (χ0v) is 10.4. The van der Waals surface area contributed by atoms with Crippen molar-refractivity contribution in [2.45, 2.75) is 18.9 Å². The van der Waals surface area contributed by atoms with E-state index in [0.29, 0.717) is 17.7 Å². The van der Waals surface area contributed by atoms with Crippen molar-refractivity contribution in [3.8, 4) is 0 Å². The number of anilines is 1. The standard InChI is InChI=1S/C13H14N2O4/c1-14-12(17)8-2-4-9(5-3-8)15-10(13(18)19)6-7-11(15)16/h2-5,10H,6-7H2,1H3,(H,14,17)(H,18,19). The average Bonchev–Trinajstić information content (AvgIpc) is 2.80. The first kappa shape index (κ1) is 13.1. The molecule has 0 aromatic heterocycles. The molecule has 1 aliphatic rings. The largest absolute Gasteiger partial charge is 0.480 e. The van der Waals surface area contributed by atoms with Gasteiger partial charge in [-0.1, -0.05) is 0 Å². The Morgan fingerprint density at radius 3 is 2.47 bits per heavy atom. The summed E-state index contributed by atoms with van der Waals surface area (Å²) in [6.45, 7) is 0. The minimum absolute atomic E-state index is 0.208. The Balaban J connectivity index is 2.28. The van der Waals surface area contributed by atoms with Gasteiger partial charge in [-0.3, -0.25) is 14.5 Å². The van der Waals surface area contributed by atoms with Crippen LogP contribution in [0.5, 0.6) is 0 Å². The van der Waals surface area contributed by atoms with Crippen LogP contribution in [0.2, 0.25) is 0 Å². The number of amides is 2. The van der Waals surface area contributed by atoms with Crippen molar-refractivity contribution in [1.29, 1.82) is 0 Å². The van der Waals surface area contributed by atoms with Gasteiger partial charge in [-0.15, -0.1) is 0 Å². The molecule has 2 rings (SSSR count). The van der Waals surface area contributed by atoms with Crippen LogP contribution in [-0.4, -0.2) is 36.0 Å². The number of hydrogen-bond acceptors (Lipinski definition) is 3. The summed E-state index contributed by atoms with van der Waals surface area (Å²) in [6, 6.07) is 5.49. The molecule has 6 heteroatoms. The predicted molar refractivity (Wildman–Crippen MR) is 68.0 cm³/mol. The highest BCUT2D eigenvalue weighted by molar-refractivity contribution is 6.02. The number of rotatable bonds is 3. The van der Waals surface area contributed by atoms with Crippen LogP contribution in [0.4, 0.5) is 5.69 Å². The molecular weight excluding hydrogens is 248 g/mol. The topological polar surface area (TPSA) is 86.7 Å². The second-order valence-electron chi connectivity index (χ2n) is 4.28. The SMILES string of the molecule is CNC(=O)c1ccc(N2C(=O)CCC2C(=O)O)cc1. The molecule has 1 fully saturated rings. The van der Waals surface area contributed by atoms with Gasteiger partial charge >= 0.3 is 5.97 Å². The van der Waals surface area contributed by atoms with E-state index in [2.05, 4.69) is 5.32 Å². The fraction of sp³-hybridized carbons (Fsp3) is 0.308. The Kier molecular flexibility index (Phi) is 3.50. The van der Waals surface area contributed by atoms with Crippen molar-refractivity contribution >= 4 is 23.5 Å². The van der Waals surface area contributed by atoms with E-state index in [1.54, 1.807) is 24.3 Å².